The molecule has 0 saturated carbocycles. The number of ether oxygens (including phenoxy) is 1. The van der Waals surface area contributed by atoms with Gasteiger partial charge in [0, 0.05) is 18.3 Å². The average molecular weight is 471 g/mol. The first-order valence-corrected chi connectivity index (χ1v) is 11.1. The number of Topliss-reactive ketones (excluding diaryl/α,β-unsaturated/α-hetero) is 1. The van der Waals surface area contributed by atoms with Gasteiger partial charge in [-0.3, -0.25) is 19.3 Å². The number of hydrogen-bond donors (Lipinski definition) is 2. The van der Waals surface area contributed by atoms with Gasteiger partial charge in [-0.15, -0.1) is 0 Å². The fourth-order valence-electron chi connectivity index (χ4n) is 4.50. The number of ketones is 1. The third-order valence-corrected chi connectivity index (χ3v) is 5.90. The van der Waals surface area contributed by atoms with E-state index in [1.54, 1.807) is 42.5 Å². The Bertz CT molecular complexity index is 1340. The van der Waals surface area contributed by atoms with Gasteiger partial charge in [0.1, 0.15) is 11.5 Å². The van der Waals surface area contributed by atoms with E-state index in [9.17, 15) is 19.5 Å². The zero-order chi connectivity index (χ0) is 25.3. The molecule has 1 heterocycles. The lowest BCUT2D eigenvalue weighted by Crippen LogP contribution is -2.29. The molecule has 1 aliphatic heterocycles. The molecule has 7 heteroatoms. The van der Waals surface area contributed by atoms with Crippen LogP contribution >= 0.6 is 0 Å². The summed E-state index contributed by atoms with van der Waals surface area (Å²) in [7, 11) is 1.50. The Kier molecular flexibility index (Phi) is 6.42. The largest absolute Gasteiger partial charge is 0.507 e. The van der Waals surface area contributed by atoms with Crippen molar-refractivity contribution in [3.8, 4) is 5.75 Å². The van der Waals surface area contributed by atoms with E-state index in [0.29, 0.717) is 28.3 Å². The number of aliphatic hydroxyl groups excluding tert-OH is 1. The molecule has 0 radical (unpaired) electrons. The summed E-state index contributed by atoms with van der Waals surface area (Å²) >= 11 is 0. The summed E-state index contributed by atoms with van der Waals surface area (Å²) in [6.45, 7) is 5.14. The Hall–Kier alpha value is -4.39. The molecular formula is C28H26N2O5. The van der Waals surface area contributed by atoms with Gasteiger partial charge in [-0.2, -0.15) is 0 Å². The summed E-state index contributed by atoms with van der Waals surface area (Å²) < 4.78 is 5.53. The first-order valence-electron chi connectivity index (χ1n) is 11.1. The minimum absolute atomic E-state index is 0.0181. The maximum Gasteiger partial charge on any atom is 0.300 e. The summed E-state index contributed by atoms with van der Waals surface area (Å²) in [6, 6.07) is 18.5. The molecule has 2 amide bonds. The highest BCUT2D eigenvalue weighted by molar-refractivity contribution is 6.51. The van der Waals surface area contributed by atoms with Gasteiger partial charge in [-0.05, 0) is 60.9 Å². The lowest BCUT2D eigenvalue weighted by Gasteiger charge is -2.26. The minimum atomic E-state index is -0.853. The number of aryl methyl sites for hydroxylation is 2. The first-order chi connectivity index (χ1) is 16.7. The normalized spacial score (nSPS) is 16.9. The standard InChI is InChI=1S/C28H26N2O5/c1-16-14-17(2)27(35-4)22(15-16)25(32)23-24(19-8-6-5-7-9-19)30(28(34)26(23)33)21-12-10-20(11-13-21)29-18(3)31/h5-15,24,32H,1-4H3,(H,29,31)/b25-23+. The molecule has 1 saturated heterocycles. The molecule has 0 aromatic heterocycles. The third-order valence-electron chi connectivity index (χ3n) is 5.90. The summed E-state index contributed by atoms with van der Waals surface area (Å²) in [4.78, 5) is 39.4. The monoisotopic (exact) mass is 470 g/mol. The zero-order valence-corrected chi connectivity index (χ0v) is 20.0. The maximum atomic E-state index is 13.4. The molecular weight excluding hydrogens is 444 g/mol. The molecule has 4 rings (SSSR count). The van der Waals surface area contributed by atoms with Crippen molar-refractivity contribution >= 4 is 34.7 Å². The molecule has 2 N–H and O–H groups in total. The van der Waals surface area contributed by atoms with E-state index in [2.05, 4.69) is 5.32 Å². The van der Waals surface area contributed by atoms with Crippen LogP contribution in [-0.4, -0.2) is 29.8 Å². The number of anilines is 2. The Labute approximate surface area is 203 Å². The van der Waals surface area contributed by atoms with Gasteiger partial charge in [0.2, 0.25) is 5.91 Å². The Morgan fingerprint density at radius 1 is 1.00 bits per heavy atom. The summed E-state index contributed by atoms with van der Waals surface area (Å²) in [5.41, 5.74) is 3.70. The highest BCUT2D eigenvalue weighted by Crippen LogP contribution is 2.44. The summed E-state index contributed by atoms with van der Waals surface area (Å²) in [5, 5.41) is 14.1. The van der Waals surface area contributed by atoms with Crippen molar-refractivity contribution in [1.29, 1.82) is 0 Å². The molecule has 3 aromatic rings. The number of carbonyl (C=O) groups is 3. The van der Waals surface area contributed by atoms with E-state index in [1.165, 1.54) is 18.9 Å². The van der Waals surface area contributed by atoms with Crippen LogP contribution in [0.2, 0.25) is 0 Å². The Morgan fingerprint density at radius 3 is 2.26 bits per heavy atom. The second-order valence-corrected chi connectivity index (χ2v) is 8.47. The number of benzene rings is 3. The molecule has 35 heavy (non-hydrogen) atoms. The van der Waals surface area contributed by atoms with Crippen molar-refractivity contribution in [2.75, 3.05) is 17.3 Å². The zero-order valence-electron chi connectivity index (χ0n) is 20.0. The maximum absolute atomic E-state index is 13.4. The van der Waals surface area contributed by atoms with Crippen molar-refractivity contribution in [1.82, 2.24) is 0 Å². The van der Waals surface area contributed by atoms with Gasteiger partial charge in [0.25, 0.3) is 11.7 Å². The number of hydrogen-bond acceptors (Lipinski definition) is 5. The van der Waals surface area contributed by atoms with E-state index in [0.717, 1.165) is 11.1 Å². The molecule has 1 fully saturated rings. The van der Waals surface area contributed by atoms with E-state index in [-0.39, 0.29) is 17.2 Å². The predicted molar refractivity (Wildman–Crippen MR) is 134 cm³/mol. The molecule has 0 aliphatic carbocycles. The van der Waals surface area contributed by atoms with Crippen LogP contribution < -0.4 is 15.0 Å². The van der Waals surface area contributed by atoms with Crippen LogP contribution in [0.4, 0.5) is 11.4 Å². The first kappa shape index (κ1) is 23.8. The second kappa shape index (κ2) is 9.46. The minimum Gasteiger partial charge on any atom is -0.507 e. The van der Waals surface area contributed by atoms with Crippen molar-refractivity contribution in [2.24, 2.45) is 0 Å². The molecule has 7 nitrogen and oxygen atoms in total. The molecule has 1 aliphatic rings. The number of aliphatic hydroxyl groups is 1. The Morgan fingerprint density at radius 2 is 1.66 bits per heavy atom. The smallest absolute Gasteiger partial charge is 0.300 e. The van der Waals surface area contributed by atoms with E-state index in [4.69, 9.17) is 4.74 Å². The van der Waals surface area contributed by atoms with Gasteiger partial charge in [-0.25, -0.2) is 0 Å². The highest BCUT2D eigenvalue weighted by Gasteiger charge is 2.47. The SMILES string of the molecule is COc1c(C)cc(C)cc1/C(O)=C1\C(=O)C(=O)N(c2ccc(NC(C)=O)cc2)C1c1ccccc1. The van der Waals surface area contributed by atoms with Crippen LogP contribution in [-0.2, 0) is 14.4 Å². The molecule has 178 valence electrons. The van der Waals surface area contributed by atoms with Crippen molar-refractivity contribution in [3.05, 3.63) is 94.6 Å². The van der Waals surface area contributed by atoms with Gasteiger partial charge in [0.05, 0.1) is 24.3 Å². The number of nitrogens with one attached hydrogen (secondary N) is 1. The van der Waals surface area contributed by atoms with Crippen LogP contribution in [0.25, 0.3) is 5.76 Å². The van der Waals surface area contributed by atoms with Crippen LogP contribution in [0.1, 0.15) is 35.2 Å². The van der Waals surface area contributed by atoms with Gasteiger partial charge < -0.3 is 15.2 Å². The summed E-state index contributed by atoms with van der Waals surface area (Å²) in [5.74, 6) is -1.62. The van der Waals surface area contributed by atoms with E-state index in [1.807, 2.05) is 38.1 Å². The topological polar surface area (TPSA) is 95.9 Å². The number of nitrogens with zero attached hydrogens (tertiary/aromatic N) is 1. The lowest BCUT2D eigenvalue weighted by molar-refractivity contribution is -0.132. The van der Waals surface area contributed by atoms with Crippen LogP contribution in [0.5, 0.6) is 5.75 Å². The molecule has 1 unspecified atom stereocenters. The van der Waals surface area contributed by atoms with Crippen LogP contribution in [0.3, 0.4) is 0 Å². The fourth-order valence-corrected chi connectivity index (χ4v) is 4.50. The average Bonchev–Trinajstić information content (AvgIpc) is 3.09. The second-order valence-electron chi connectivity index (χ2n) is 8.47. The highest BCUT2D eigenvalue weighted by atomic mass is 16.5. The van der Waals surface area contributed by atoms with Crippen LogP contribution in [0, 0.1) is 13.8 Å². The van der Waals surface area contributed by atoms with E-state index < -0.39 is 17.7 Å². The quantitative estimate of drug-likeness (QED) is 0.314. The Balaban J connectivity index is 1.92. The van der Waals surface area contributed by atoms with Gasteiger partial charge >= 0.3 is 0 Å². The van der Waals surface area contributed by atoms with E-state index >= 15 is 0 Å². The number of methoxy groups -OCH3 is 1. The number of rotatable bonds is 5. The van der Waals surface area contributed by atoms with Gasteiger partial charge in [-0.1, -0.05) is 36.4 Å². The fraction of sp³-hybridized carbons (Fsp3) is 0.179. The molecule has 0 spiro atoms. The number of carbonyl (C=O) groups excluding carboxylic acids is 3. The predicted octanol–water partition coefficient (Wildman–Crippen LogP) is 4.90. The van der Waals surface area contributed by atoms with Crippen LogP contribution in [0.15, 0.2) is 72.3 Å². The van der Waals surface area contributed by atoms with Crippen molar-refractivity contribution < 1.29 is 24.2 Å². The summed E-state index contributed by atoms with van der Waals surface area (Å²) in [6.07, 6.45) is 0. The third kappa shape index (κ3) is 4.40. The number of amides is 2. The molecule has 1 atom stereocenters. The molecule has 0 bridgehead atoms. The molecule has 3 aromatic carbocycles. The van der Waals surface area contributed by atoms with Gasteiger partial charge in [0.15, 0.2) is 0 Å². The lowest BCUT2D eigenvalue weighted by atomic mass is 9.93. The van der Waals surface area contributed by atoms with Crippen molar-refractivity contribution in [3.63, 3.8) is 0 Å². The van der Waals surface area contributed by atoms with Crippen molar-refractivity contribution in [2.45, 2.75) is 26.8 Å².